The van der Waals surface area contributed by atoms with Crippen LogP contribution in [-0.2, 0) is 16.0 Å². The lowest BCUT2D eigenvalue weighted by atomic mass is 9.94. The van der Waals surface area contributed by atoms with Gasteiger partial charge in [0.05, 0.1) is 13.5 Å². The summed E-state index contributed by atoms with van der Waals surface area (Å²) in [6.07, 6.45) is 0.100. The summed E-state index contributed by atoms with van der Waals surface area (Å²) >= 11 is 0. The Hall–Kier alpha value is -1.71. The Balaban J connectivity index is 3.34. The standard InChI is InChI=1S/C12H16O4/c1-6-7(2)11(14)12(15)8(3)9(6)5-10(13)16-4/h14-15H,5H2,1-4H3. The molecule has 0 aromatic heterocycles. The number of hydrogen-bond donors (Lipinski definition) is 2. The van der Waals surface area contributed by atoms with E-state index in [2.05, 4.69) is 4.74 Å². The normalized spacial score (nSPS) is 10.2. The van der Waals surface area contributed by atoms with Gasteiger partial charge in [0.1, 0.15) is 0 Å². The van der Waals surface area contributed by atoms with Gasteiger partial charge in [-0.2, -0.15) is 0 Å². The summed E-state index contributed by atoms with van der Waals surface area (Å²) in [5.74, 6) is -0.652. The minimum atomic E-state index is -0.365. The Bertz CT molecular complexity index is 406. The van der Waals surface area contributed by atoms with Gasteiger partial charge in [0.2, 0.25) is 0 Å². The Morgan fingerprint density at radius 2 is 1.56 bits per heavy atom. The first-order valence-corrected chi connectivity index (χ1v) is 4.97. The van der Waals surface area contributed by atoms with E-state index < -0.39 is 0 Å². The first kappa shape index (κ1) is 12.4. The minimum absolute atomic E-state index is 0.100. The fraction of sp³-hybridized carbons (Fsp3) is 0.417. The van der Waals surface area contributed by atoms with Crippen molar-refractivity contribution in [2.24, 2.45) is 0 Å². The van der Waals surface area contributed by atoms with Gasteiger partial charge in [0.15, 0.2) is 11.5 Å². The summed E-state index contributed by atoms with van der Waals surface area (Å²) < 4.78 is 4.59. The van der Waals surface area contributed by atoms with Crippen molar-refractivity contribution in [2.45, 2.75) is 27.2 Å². The topological polar surface area (TPSA) is 66.8 Å². The van der Waals surface area contributed by atoms with E-state index in [4.69, 9.17) is 0 Å². The van der Waals surface area contributed by atoms with Crippen molar-refractivity contribution in [2.75, 3.05) is 7.11 Å². The predicted molar refractivity (Wildman–Crippen MR) is 59.7 cm³/mol. The second-order valence-electron chi connectivity index (χ2n) is 3.80. The van der Waals surface area contributed by atoms with Crippen LogP contribution in [0.5, 0.6) is 11.5 Å². The van der Waals surface area contributed by atoms with Gasteiger partial charge in [0, 0.05) is 0 Å². The van der Waals surface area contributed by atoms with Gasteiger partial charge < -0.3 is 14.9 Å². The fourth-order valence-corrected chi connectivity index (χ4v) is 1.66. The molecule has 0 saturated heterocycles. The van der Waals surface area contributed by atoms with Gasteiger partial charge in [-0.25, -0.2) is 0 Å². The Kier molecular flexibility index (Phi) is 3.42. The maximum atomic E-state index is 11.2. The molecule has 4 heteroatoms. The first-order valence-electron chi connectivity index (χ1n) is 4.97. The van der Waals surface area contributed by atoms with Crippen LogP contribution in [0, 0.1) is 20.8 Å². The Morgan fingerprint density at radius 1 is 1.06 bits per heavy atom. The van der Waals surface area contributed by atoms with E-state index in [1.807, 2.05) is 0 Å². The number of aromatic hydroxyl groups is 2. The van der Waals surface area contributed by atoms with Crippen LogP contribution in [0.25, 0.3) is 0 Å². The van der Waals surface area contributed by atoms with E-state index >= 15 is 0 Å². The zero-order valence-electron chi connectivity index (χ0n) is 9.92. The van der Waals surface area contributed by atoms with Crippen LogP contribution >= 0.6 is 0 Å². The largest absolute Gasteiger partial charge is 0.504 e. The minimum Gasteiger partial charge on any atom is -0.504 e. The number of esters is 1. The molecule has 4 nitrogen and oxygen atoms in total. The molecule has 0 aliphatic rings. The number of rotatable bonds is 2. The van der Waals surface area contributed by atoms with Gasteiger partial charge in [-0.3, -0.25) is 4.79 Å². The Labute approximate surface area is 94.5 Å². The highest BCUT2D eigenvalue weighted by Crippen LogP contribution is 2.37. The van der Waals surface area contributed by atoms with Crippen LogP contribution in [-0.4, -0.2) is 23.3 Å². The molecule has 0 saturated carbocycles. The zero-order valence-corrected chi connectivity index (χ0v) is 9.92. The lowest BCUT2D eigenvalue weighted by Gasteiger charge is -2.15. The van der Waals surface area contributed by atoms with Gasteiger partial charge in [-0.15, -0.1) is 0 Å². The number of hydrogen-bond acceptors (Lipinski definition) is 4. The number of benzene rings is 1. The van der Waals surface area contributed by atoms with Crippen LogP contribution in [0.2, 0.25) is 0 Å². The van der Waals surface area contributed by atoms with Crippen molar-refractivity contribution in [3.05, 3.63) is 22.3 Å². The molecule has 1 rings (SSSR count). The second kappa shape index (κ2) is 4.43. The SMILES string of the molecule is COC(=O)Cc1c(C)c(C)c(O)c(O)c1C. The molecule has 0 heterocycles. The number of ether oxygens (including phenoxy) is 1. The molecule has 1 aromatic rings. The third-order valence-electron chi connectivity index (χ3n) is 2.95. The van der Waals surface area contributed by atoms with Crippen molar-refractivity contribution in [3.63, 3.8) is 0 Å². The lowest BCUT2D eigenvalue weighted by molar-refractivity contribution is -0.139. The molecular formula is C12H16O4. The third-order valence-corrected chi connectivity index (χ3v) is 2.95. The van der Waals surface area contributed by atoms with Crippen molar-refractivity contribution in [1.82, 2.24) is 0 Å². The van der Waals surface area contributed by atoms with Gasteiger partial charge >= 0.3 is 5.97 Å². The molecule has 0 spiro atoms. The zero-order chi connectivity index (χ0) is 12.5. The molecule has 0 bridgehead atoms. The number of phenols is 2. The molecule has 16 heavy (non-hydrogen) atoms. The van der Waals surface area contributed by atoms with E-state index in [1.165, 1.54) is 7.11 Å². The quantitative estimate of drug-likeness (QED) is 0.593. The lowest BCUT2D eigenvalue weighted by Crippen LogP contribution is -2.08. The van der Waals surface area contributed by atoms with Crippen LogP contribution < -0.4 is 0 Å². The smallest absolute Gasteiger partial charge is 0.310 e. The molecule has 0 radical (unpaired) electrons. The van der Waals surface area contributed by atoms with E-state index in [9.17, 15) is 15.0 Å². The van der Waals surface area contributed by atoms with Gasteiger partial charge in [-0.05, 0) is 43.0 Å². The maximum Gasteiger partial charge on any atom is 0.310 e. The summed E-state index contributed by atoms with van der Waals surface area (Å²) in [5, 5.41) is 19.3. The number of carbonyl (C=O) groups is 1. The monoisotopic (exact) mass is 224 g/mol. The van der Waals surface area contributed by atoms with Crippen molar-refractivity contribution >= 4 is 5.97 Å². The molecule has 2 N–H and O–H groups in total. The van der Waals surface area contributed by atoms with E-state index in [1.54, 1.807) is 20.8 Å². The number of carbonyl (C=O) groups excluding carboxylic acids is 1. The van der Waals surface area contributed by atoms with Crippen molar-refractivity contribution in [3.8, 4) is 11.5 Å². The Morgan fingerprint density at radius 3 is 2.06 bits per heavy atom. The highest BCUT2D eigenvalue weighted by atomic mass is 16.5. The summed E-state index contributed by atoms with van der Waals surface area (Å²) in [5.41, 5.74) is 2.62. The summed E-state index contributed by atoms with van der Waals surface area (Å²) in [6, 6.07) is 0. The summed E-state index contributed by atoms with van der Waals surface area (Å²) in [6.45, 7) is 5.17. The first-order chi connectivity index (χ1) is 7.40. The molecular weight excluding hydrogens is 208 g/mol. The molecule has 88 valence electrons. The molecule has 0 aliphatic heterocycles. The van der Waals surface area contributed by atoms with Crippen LogP contribution in [0.3, 0.4) is 0 Å². The predicted octanol–water partition coefficient (Wildman–Crippen LogP) is 1.74. The van der Waals surface area contributed by atoms with Crippen molar-refractivity contribution in [1.29, 1.82) is 0 Å². The second-order valence-corrected chi connectivity index (χ2v) is 3.80. The van der Waals surface area contributed by atoms with Gasteiger partial charge in [0.25, 0.3) is 0 Å². The maximum absolute atomic E-state index is 11.2. The molecule has 0 unspecified atom stereocenters. The summed E-state index contributed by atoms with van der Waals surface area (Å²) in [4.78, 5) is 11.2. The average molecular weight is 224 g/mol. The number of phenolic OH excluding ortho intramolecular Hbond substituents is 2. The van der Waals surface area contributed by atoms with E-state index in [-0.39, 0.29) is 23.9 Å². The van der Waals surface area contributed by atoms with Crippen LogP contribution in [0.4, 0.5) is 0 Å². The van der Waals surface area contributed by atoms with E-state index in [0.717, 1.165) is 5.56 Å². The molecule has 0 fully saturated rings. The van der Waals surface area contributed by atoms with Crippen LogP contribution in [0.15, 0.2) is 0 Å². The fourth-order valence-electron chi connectivity index (χ4n) is 1.66. The molecule has 1 aromatic carbocycles. The third kappa shape index (κ3) is 1.96. The molecule has 0 amide bonds. The number of methoxy groups -OCH3 is 1. The van der Waals surface area contributed by atoms with Gasteiger partial charge in [-0.1, -0.05) is 0 Å². The van der Waals surface area contributed by atoms with Crippen molar-refractivity contribution < 1.29 is 19.7 Å². The molecule has 0 atom stereocenters. The average Bonchev–Trinajstić information content (AvgIpc) is 2.29. The summed E-state index contributed by atoms with van der Waals surface area (Å²) in [7, 11) is 1.32. The van der Waals surface area contributed by atoms with E-state index in [0.29, 0.717) is 16.7 Å². The van der Waals surface area contributed by atoms with Crippen LogP contribution in [0.1, 0.15) is 22.3 Å². The molecule has 0 aliphatic carbocycles. The highest BCUT2D eigenvalue weighted by Gasteiger charge is 2.18. The highest BCUT2D eigenvalue weighted by molar-refractivity contribution is 5.75.